The van der Waals surface area contributed by atoms with Gasteiger partial charge in [-0.3, -0.25) is 4.79 Å². The lowest BCUT2D eigenvalue weighted by Crippen LogP contribution is -1.95. The minimum atomic E-state index is -0.433. The number of ketones is 1. The first-order valence-electron chi connectivity index (χ1n) is 5.08. The summed E-state index contributed by atoms with van der Waals surface area (Å²) in [6.07, 6.45) is 6.47. The van der Waals surface area contributed by atoms with E-state index in [0.29, 0.717) is 0 Å². The van der Waals surface area contributed by atoms with Gasteiger partial charge in [-0.1, -0.05) is 41.8 Å². The SMILES string of the molecule is O=C(C#CC1=CC=CC1)c1cccc(Cl)c1O. The number of para-hydroxylation sites is 1. The van der Waals surface area contributed by atoms with Crippen LogP contribution in [0.5, 0.6) is 5.75 Å². The fourth-order valence-electron chi connectivity index (χ4n) is 1.44. The Bertz CT molecular complexity index is 586. The Labute approximate surface area is 104 Å². The number of hydrogen-bond donors (Lipinski definition) is 1. The molecule has 0 aliphatic heterocycles. The number of benzene rings is 1. The van der Waals surface area contributed by atoms with Gasteiger partial charge in [0.2, 0.25) is 5.78 Å². The Balaban J connectivity index is 2.23. The van der Waals surface area contributed by atoms with E-state index < -0.39 is 5.78 Å². The number of halogens is 1. The van der Waals surface area contributed by atoms with Crippen LogP contribution in [0.25, 0.3) is 0 Å². The van der Waals surface area contributed by atoms with E-state index >= 15 is 0 Å². The predicted molar refractivity (Wildman–Crippen MR) is 67.1 cm³/mol. The third-order valence-corrected chi connectivity index (χ3v) is 2.64. The van der Waals surface area contributed by atoms with Gasteiger partial charge >= 0.3 is 0 Å². The van der Waals surface area contributed by atoms with E-state index in [9.17, 15) is 9.90 Å². The van der Waals surface area contributed by atoms with Crippen molar-refractivity contribution in [3.63, 3.8) is 0 Å². The Morgan fingerprint density at radius 1 is 1.41 bits per heavy atom. The summed E-state index contributed by atoms with van der Waals surface area (Å²) in [5, 5.41) is 9.76. The second-order valence-corrected chi connectivity index (χ2v) is 3.95. The number of aromatic hydroxyl groups is 1. The van der Waals surface area contributed by atoms with Crippen LogP contribution in [0.15, 0.2) is 42.0 Å². The molecule has 0 amide bonds. The van der Waals surface area contributed by atoms with Gasteiger partial charge < -0.3 is 5.11 Å². The molecule has 2 nitrogen and oxygen atoms in total. The number of hydrogen-bond acceptors (Lipinski definition) is 2. The lowest BCUT2D eigenvalue weighted by atomic mass is 10.1. The van der Waals surface area contributed by atoms with Gasteiger partial charge in [0.15, 0.2) is 0 Å². The van der Waals surface area contributed by atoms with Crippen molar-refractivity contribution in [3.8, 4) is 17.6 Å². The minimum Gasteiger partial charge on any atom is -0.506 e. The van der Waals surface area contributed by atoms with Crippen LogP contribution in [0.2, 0.25) is 5.02 Å². The molecule has 0 fully saturated rings. The van der Waals surface area contributed by atoms with Crippen LogP contribution in [0.1, 0.15) is 16.8 Å². The summed E-state index contributed by atoms with van der Waals surface area (Å²) in [6.45, 7) is 0. The predicted octanol–water partition coefficient (Wildman–Crippen LogP) is 3.12. The van der Waals surface area contributed by atoms with Gasteiger partial charge in [0.05, 0.1) is 10.6 Å². The van der Waals surface area contributed by atoms with Crippen molar-refractivity contribution < 1.29 is 9.90 Å². The number of Topliss-reactive ketones (excluding diaryl/α,β-unsaturated/α-hetero) is 1. The van der Waals surface area contributed by atoms with E-state index in [2.05, 4.69) is 11.8 Å². The van der Waals surface area contributed by atoms with Gasteiger partial charge in [0.1, 0.15) is 5.75 Å². The highest BCUT2D eigenvalue weighted by atomic mass is 35.5. The molecular weight excluding hydrogens is 236 g/mol. The molecule has 1 aromatic carbocycles. The van der Waals surface area contributed by atoms with E-state index in [4.69, 9.17) is 11.6 Å². The fourth-order valence-corrected chi connectivity index (χ4v) is 1.62. The van der Waals surface area contributed by atoms with Crippen LogP contribution in [0.3, 0.4) is 0 Å². The zero-order valence-electron chi connectivity index (χ0n) is 8.90. The van der Waals surface area contributed by atoms with Gasteiger partial charge in [0, 0.05) is 5.57 Å². The minimum absolute atomic E-state index is 0.136. The van der Waals surface area contributed by atoms with Crippen molar-refractivity contribution in [3.05, 3.63) is 52.6 Å². The molecule has 84 valence electrons. The molecule has 0 saturated carbocycles. The van der Waals surface area contributed by atoms with Gasteiger partial charge in [0.25, 0.3) is 0 Å². The van der Waals surface area contributed by atoms with Gasteiger partial charge in [-0.25, -0.2) is 0 Å². The molecule has 1 aliphatic rings. The first-order valence-corrected chi connectivity index (χ1v) is 5.46. The highest BCUT2D eigenvalue weighted by molar-refractivity contribution is 6.33. The number of allylic oxidation sites excluding steroid dienone is 4. The van der Waals surface area contributed by atoms with Gasteiger partial charge in [-0.05, 0) is 24.5 Å². The molecule has 0 atom stereocenters. The molecule has 1 N–H and O–H groups in total. The second-order valence-electron chi connectivity index (χ2n) is 3.54. The van der Waals surface area contributed by atoms with Crippen LogP contribution < -0.4 is 0 Å². The van der Waals surface area contributed by atoms with Gasteiger partial charge in [-0.15, -0.1) is 0 Å². The molecule has 0 aromatic heterocycles. The highest BCUT2D eigenvalue weighted by Crippen LogP contribution is 2.27. The van der Waals surface area contributed by atoms with Crippen LogP contribution in [0, 0.1) is 11.8 Å². The summed E-state index contributed by atoms with van der Waals surface area (Å²) in [5.41, 5.74) is 1.02. The van der Waals surface area contributed by atoms with Gasteiger partial charge in [-0.2, -0.15) is 0 Å². The standard InChI is InChI=1S/C14H9ClO2/c15-12-7-3-6-11(14(12)17)13(16)9-8-10-4-1-2-5-10/h1-4,6-7,17H,5H2. The van der Waals surface area contributed by atoms with E-state index in [-0.39, 0.29) is 16.3 Å². The summed E-state index contributed by atoms with van der Waals surface area (Å²) in [7, 11) is 0. The molecule has 0 unspecified atom stereocenters. The molecule has 2 rings (SSSR count). The topological polar surface area (TPSA) is 37.3 Å². The van der Waals surface area contributed by atoms with Crippen LogP contribution in [-0.2, 0) is 0 Å². The van der Waals surface area contributed by atoms with Crippen LogP contribution in [0.4, 0.5) is 0 Å². The zero-order valence-corrected chi connectivity index (χ0v) is 9.66. The first-order chi connectivity index (χ1) is 8.18. The van der Waals surface area contributed by atoms with Crippen LogP contribution >= 0.6 is 11.6 Å². The van der Waals surface area contributed by atoms with Crippen molar-refractivity contribution >= 4 is 17.4 Å². The monoisotopic (exact) mass is 244 g/mol. The van der Waals surface area contributed by atoms with Crippen molar-refractivity contribution in [2.75, 3.05) is 0 Å². The smallest absolute Gasteiger partial charge is 0.240 e. The second kappa shape index (κ2) is 4.90. The lowest BCUT2D eigenvalue weighted by Gasteiger charge is -2.00. The summed E-state index contributed by atoms with van der Waals surface area (Å²) in [6, 6.07) is 4.62. The normalized spacial score (nSPS) is 12.9. The quantitative estimate of drug-likeness (QED) is 0.468. The number of rotatable bonds is 1. The van der Waals surface area contributed by atoms with E-state index in [1.54, 1.807) is 6.07 Å². The molecule has 0 spiro atoms. The third-order valence-electron chi connectivity index (χ3n) is 2.34. The first kappa shape index (κ1) is 11.5. The molecule has 1 aliphatic carbocycles. The molecule has 0 saturated heterocycles. The van der Waals surface area contributed by atoms with E-state index in [0.717, 1.165) is 12.0 Å². The Hall–Kier alpha value is -1.98. The van der Waals surface area contributed by atoms with Crippen molar-refractivity contribution in [2.45, 2.75) is 6.42 Å². The Kier molecular flexibility index (Phi) is 3.32. The fraction of sp³-hybridized carbons (Fsp3) is 0.0714. The maximum atomic E-state index is 11.7. The van der Waals surface area contributed by atoms with Crippen molar-refractivity contribution in [2.24, 2.45) is 0 Å². The molecule has 0 heterocycles. The van der Waals surface area contributed by atoms with Crippen LogP contribution in [-0.4, -0.2) is 10.9 Å². The molecular formula is C14H9ClO2. The molecule has 3 heteroatoms. The van der Waals surface area contributed by atoms with E-state index in [1.165, 1.54) is 12.1 Å². The van der Waals surface area contributed by atoms with E-state index in [1.807, 2.05) is 18.2 Å². The highest BCUT2D eigenvalue weighted by Gasteiger charge is 2.11. The average molecular weight is 245 g/mol. The third kappa shape index (κ3) is 2.58. The number of phenolic OH excluding ortho intramolecular Hbond substituents is 1. The molecule has 17 heavy (non-hydrogen) atoms. The number of phenols is 1. The molecule has 1 aromatic rings. The summed E-state index contributed by atoms with van der Waals surface area (Å²) in [5.74, 6) is 4.62. The molecule has 0 radical (unpaired) electrons. The Morgan fingerprint density at radius 3 is 2.94 bits per heavy atom. The number of carbonyl (C=O) groups excluding carboxylic acids is 1. The maximum Gasteiger partial charge on any atom is 0.240 e. The maximum absolute atomic E-state index is 11.7. The Morgan fingerprint density at radius 2 is 2.24 bits per heavy atom. The lowest BCUT2D eigenvalue weighted by molar-refractivity contribution is 0.105. The van der Waals surface area contributed by atoms with Crippen molar-refractivity contribution in [1.29, 1.82) is 0 Å². The van der Waals surface area contributed by atoms with Crippen molar-refractivity contribution in [1.82, 2.24) is 0 Å². The summed E-state index contributed by atoms with van der Waals surface area (Å²) >= 11 is 5.71. The average Bonchev–Trinajstić information content (AvgIpc) is 2.82. The summed E-state index contributed by atoms with van der Waals surface area (Å²) < 4.78 is 0. The summed E-state index contributed by atoms with van der Waals surface area (Å²) in [4.78, 5) is 11.7. The number of carbonyl (C=O) groups is 1. The molecule has 0 bridgehead atoms. The zero-order chi connectivity index (χ0) is 12.3. The largest absolute Gasteiger partial charge is 0.506 e.